The molecule has 6 N–H and O–H groups in total. The third-order valence-corrected chi connectivity index (χ3v) is 9.20. The lowest BCUT2D eigenvalue weighted by atomic mass is 9.99. The van der Waals surface area contributed by atoms with E-state index in [1.165, 1.54) is 18.2 Å². The van der Waals surface area contributed by atoms with Crippen molar-refractivity contribution < 1.29 is 24.3 Å². The van der Waals surface area contributed by atoms with Gasteiger partial charge in [-0.2, -0.15) is 0 Å². The molecule has 4 aromatic rings. The molecule has 1 atom stereocenters. The summed E-state index contributed by atoms with van der Waals surface area (Å²) in [6, 6.07) is 11.3. The lowest BCUT2D eigenvalue weighted by Gasteiger charge is -2.13. The van der Waals surface area contributed by atoms with Gasteiger partial charge in [0.25, 0.3) is 0 Å². The Morgan fingerprint density at radius 1 is 1.04 bits per heavy atom. The van der Waals surface area contributed by atoms with Gasteiger partial charge in [0.15, 0.2) is 5.82 Å². The average molecular weight is 701 g/mol. The van der Waals surface area contributed by atoms with Crippen LogP contribution in [0.2, 0.25) is 5.02 Å². The fourth-order valence-corrected chi connectivity index (χ4v) is 6.62. The fraction of sp³-hybridized carbons (Fsp3) is 0.265. The second-order valence-electron chi connectivity index (χ2n) is 11.2. The van der Waals surface area contributed by atoms with Crippen LogP contribution in [0.4, 0.5) is 10.5 Å². The number of carboxylic acid groups (broad SMARTS) is 1. The molecule has 0 aliphatic carbocycles. The van der Waals surface area contributed by atoms with Crippen molar-refractivity contribution >= 4 is 58.2 Å². The minimum atomic E-state index is -1.23. The van der Waals surface area contributed by atoms with E-state index in [0.29, 0.717) is 28.8 Å². The summed E-state index contributed by atoms with van der Waals surface area (Å²) < 4.78 is 1.98. The number of hydrogen-bond donors (Lipinski definition) is 5. The summed E-state index contributed by atoms with van der Waals surface area (Å²) in [7, 11) is 0. The molecule has 0 unspecified atom stereocenters. The van der Waals surface area contributed by atoms with Gasteiger partial charge in [-0.15, -0.1) is 21.5 Å². The molecular formula is C34H33ClN8O5S. The standard InChI is InChI=1S/C34H33ClN8O5S/c1-18-19(2)49-33-29(18)30(21-8-10-23(35)11-9-21)40-26(32-42-41-20(3)43(32)33)17-28(45)37-14-5-7-27(44)39-24-12-13-25(31(36)46)22(16-24)6-4-15-38-34(47)48/h8-13,16,26,38H,5,7,14-15,17H2,1-3H3,(H2,36,46)(H,37,45)(H,39,44)(H,47,48)/t26-/m0/s1. The number of rotatable bonds is 10. The van der Waals surface area contributed by atoms with Gasteiger partial charge >= 0.3 is 6.09 Å². The van der Waals surface area contributed by atoms with Gasteiger partial charge < -0.3 is 26.8 Å². The van der Waals surface area contributed by atoms with E-state index >= 15 is 0 Å². The van der Waals surface area contributed by atoms with Gasteiger partial charge in [0.1, 0.15) is 16.9 Å². The molecule has 2 aromatic carbocycles. The first-order valence-corrected chi connectivity index (χ1v) is 16.4. The van der Waals surface area contributed by atoms with Gasteiger partial charge in [-0.3, -0.25) is 23.9 Å². The van der Waals surface area contributed by atoms with Crippen LogP contribution < -0.4 is 21.7 Å². The van der Waals surface area contributed by atoms with E-state index in [9.17, 15) is 19.2 Å². The second-order valence-corrected chi connectivity index (χ2v) is 12.8. The zero-order chi connectivity index (χ0) is 35.2. The number of hydrogen-bond acceptors (Lipinski definition) is 8. The number of halogens is 1. The molecule has 1 aliphatic heterocycles. The monoisotopic (exact) mass is 700 g/mol. The number of nitrogens with zero attached hydrogens (tertiary/aromatic N) is 4. The van der Waals surface area contributed by atoms with Crippen LogP contribution >= 0.6 is 22.9 Å². The summed E-state index contributed by atoms with van der Waals surface area (Å²) in [6.45, 7) is 6.10. The zero-order valence-electron chi connectivity index (χ0n) is 26.9. The number of benzene rings is 2. The number of fused-ring (bicyclic) bond motifs is 3. The summed E-state index contributed by atoms with van der Waals surface area (Å²) in [5.41, 5.74) is 9.88. The third-order valence-electron chi connectivity index (χ3n) is 7.76. The Kier molecular flexibility index (Phi) is 10.8. The Morgan fingerprint density at radius 3 is 2.51 bits per heavy atom. The highest BCUT2D eigenvalue weighted by Gasteiger charge is 2.32. The number of thiophene rings is 1. The SMILES string of the molecule is Cc1sc2c(c1C)C(c1ccc(Cl)cc1)=N[C@@H](CC(=O)NCCCC(=O)Nc1ccc(C(N)=O)c(C#CCNC(=O)O)c1)c1nnc(C)n1-2. The topological polar surface area (TPSA) is 194 Å². The lowest BCUT2D eigenvalue weighted by Crippen LogP contribution is -2.27. The van der Waals surface area contributed by atoms with Crippen molar-refractivity contribution in [2.45, 2.75) is 46.1 Å². The number of aryl methyl sites for hydroxylation is 2. The van der Waals surface area contributed by atoms with Crippen LogP contribution in [-0.2, 0) is 9.59 Å². The summed E-state index contributed by atoms with van der Waals surface area (Å²) >= 11 is 7.82. The van der Waals surface area contributed by atoms with E-state index in [0.717, 1.165) is 32.3 Å². The number of anilines is 1. The highest BCUT2D eigenvalue weighted by atomic mass is 35.5. The van der Waals surface area contributed by atoms with E-state index in [1.54, 1.807) is 11.3 Å². The molecule has 15 heteroatoms. The van der Waals surface area contributed by atoms with Crippen LogP contribution in [-0.4, -0.2) is 62.5 Å². The summed E-state index contributed by atoms with van der Waals surface area (Å²) in [5, 5.41) is 26.8. The van der Waals surface area contributed by atoms with E-state index in [2.05, 4.69) is 51.8 Å². The number of aromatic nitrogens is 3. The van der Waals surface area contributed by atoms with Crippen LogP contribution in [0, 0.1) is 32.6 Å². The quantitative estimate of drug-likeness (QED) is 0.119. The predicted octanol–water partition coefficient (Wildman–Crippen LogP) is 4.44. The Balaban J connectivity index is 1.23. The highest BCUT2D eigenvalue weighted by Crippen LogP contribution is 2.39. The number of nitrogens with two attached hydrogens (primary N) is 1. The molecule has 0 saturated heterocycles. The Morgan fingerprint density at radius 2 is 1.80 bits per heavy atom. The van der Waals surface area contributed by atoms with Crippen LogP contribution in [0.25, 0.3) is 5.00 Å². The molecule has 0 radical (unpaired) electrons. The first kappa shape index (κ1) is 34.8. The van der Waals surface area contributed by atoms with Crippen molar-refractivity contribution in [1.29, 1.82) is 0 Å². The molecule has 1 aliphatic rings. The van der Waals surface area contributed by atoms with Crippen molar-refractivity contribution in [3.05, 3.63) is 91.8 Å². The Hall–Kier alpha value is -5.52. The van der Waals surface area contributed by atoms with Gasteiger partial charge in [0.05, 0.1) is 24.2 Å². The van der Waals surface area contributed by atoms with Crippen molar-refractivity contribution in [2.24, 2.45) is 10.7 Å². The number of carbonyl (C=O) groups excluding carboxylic acids is 3. The van der Waals surface area contributed by atoms with E-state index in [1.807, 2.05) is 35.8 Å². The third kappa shape index (κ3) is 8.14. The fourth-order valence-electron chi connectivity index (χ4n) is 5.28. The van der Waals surface area contributed by atoms with E-state index < -0.39 is 18.0 Å². The molecule has 252 valence electrons. The minimum absolute atomic E-state index is 0.0202. The van der Waals surface area contributed by atoms with Crippen LogP contribution in [0.3, 0.4) is 0 Å². The van der Waals surface area contributed by atoms with Gasteiger partial charge in [-0.05, 0) is 63.1 Å². The minimum Gasteiger partial charge on any atom is -0.465 e. The molecule has 0 spiro atoms. The number of primary amides is 1. The maximum Gasteiger partial charge on any atom is 0.405 e. The van der Waals surface area contributed by atoms with Crippen molar-refractivity contribution in [1.82, 2.24) is 25.4 Å². The molecule has 0 fully saturated rings. The normalized spacial score (nSPS) is 13.1. The summed E-state index contributed by atoms with van der Waals surface area (Å²) in [6.07, 6.45) is -0.744. The van der Waals surface area contributed by atoms with Crippen LogP contribution in [0.5, 0.6) is 0 Å². The Bertz CT molecular complexity index is 2040. The second kappa shape index (κ2) is 15.1. The smallest absolute Gasteiger partial charge is 0.405 e. The molecule has 2 aromatic heterocycles. The molecule has 3 heterocycles. The number of nitrogens with one attached hydrogen (secondary N) is 3. The molecule has 0 saturated carbocycles. The number of amides is 4. The highest BCUT2D eigenvalue weighted by molar-refractivity contribution is 7.15. The molecule has 4 amide bonds. The van der Waals surface area contributed by atoms with Gasteiger partial charge in [-0.25, -0.2) is 4.79 Å². The summed E-state index contributed by atoms with van der Waals surface area (Å²) in [4.78, 5) is 54.6. The largest absolute Gasteiger partial charge is 0.465 e. The molecule has 13 nitrogen and oxygen atoms in total. The number of aliphatic imine (C=N–C) groups is 1. The lowest BCUT2D eigenvalue weighted by molar-refractivity contribution is -0.122. The van der Waals surface area contributed by atoms with Crippen LogP contribution in [0.1, 0.15) is 74.4 Å². The van der Waals surface area contributed by atoms with Crippen molar-refractivity contribution in [3.63, 3.8) is 0 Å². The van der Waals surface area contributed by atoms with E-state index in [-0.39, 0.29) is 48.9 Å². The summed E-state index contributed by atoms with van der Waals surface area (Å²) in [5.74, 6) is 5.29. The van der Waals surface area contributed by atoms with Crippen molar-refractivity contribution in [3.8, 4) is 16.8 Å². The molecule has 0 bridgehead atoms. The molecular weight excluding hydrogens is 668 g/mol. The Labute approximate surface area is 291 Å². The first-order valence-electron chi connectivity index (χ1n) is 15.2. The number of carbonyl (C=O) groups is 4. The predicted molar refractivity (Wildman–Crippen MR) is 187 cm³/mol. The van der Waals surface area contributed by atoms with Gasteiger partial charge in [0.2, 0.25) is 17.7 Å². The molecule has 5 rings (SSSR count). The van der Waals surface area contributed by atoms with Crippen LogP contribution in [0.15, 0.2) is 47.5 Å². The maximum atomic E-state index is 13.2. The zero-order valence-corrected chi connectivity index (χ0v) is 28.5. The average Bonchev–Trinajstić information content (AvgIpc) is 3.53. The first-order chi connectivity index (χ1) is 23.4. The molecule has 49 heavy (non-hydrogen) atoms. The van der Waals surface area contributed by atoms with Gasteiger partial charge in [-0.1, -0.05) is 35.6 Å². The van der Waals surface area contributed by atoms with Gasteiger partial charge in [0, 0.05) is 45.2 Å². The van der Waals surface area contributed by atoms with Crippen molar-refractivity contribution in [2.75, 3.05) is 18.4 Å². The maximum absolute atomic E-state index is 13.2. The van der Waals surface area contributed by atoms with E-state index in [4.69, 9.17) is 27.4 Å².